The van der Waals surface area contributed by atoms with E-state index in [0.29, 0.717) is 10.0 Å². The van der Waals surface area contributed by atoms with Gasteiger partial charge >= 0.3 is 0 Å². The fourth-order valence-corrected chi connectivity index (χ4v) is 7.77. The lowest BCUT2D eigenvalue weighted by atomic mass is 9.84. The number of nitrogens with one attached hydrogen (secondary N) is 1. The molecule has 200 valence electrons. The molecular formula is C33H21BrCl2N4S. The van der Waals surface area contributed by atoms with Crippen molar-refractivity contribution in [2.24, 2.45) is 4.99 Å². The van der Waals surface area contributed by atoms with Crippen LogP contribution in [-0.2, 0) is 12.8 Å². The number of anilines is 1. The van der Waals surface area contributed by atoms with Gasteiger partial charge in [0.1, 0.15) is 5.01 Å². The smallest absolute Gasteiger partial charge is 0.158 e. The molecule has 1 aromatic heterocycles. The number of aliphatic imine (C=N–C) groups is 1. The van der Waals surface area contributed by atoms with Crippen LogP contribution in [0.2, 0.25) is 10.0 Å². The summed E-state index contributed by atoms with van der Waals surface area (Å²) >= 11 is 18.6. The Morgan fingerprint density at radius 1 is 0.902 bits per heavy atom. The van der Waals surface area contributed by atoms with Crippen molar-refractivity contribution in [3.05, 3.63) is 138 Å². The maximum atomic E-state index is 6.88. The van der Waals surface area contributed by atoms with Crippen molar-refractivity contribution in [2.75, 3.05) is 5.01 Å². The normalized spacial score (nSPS) is 17.7. The monoisotopic (exact) mass is 654 g/mol. The van der Waals surface area contributed by atoms with Crippen LogP contribution in [0.5, 0.6) is 0 Å². The number of fused-ring (bicyclic) bond motifs is 5. The van der Waals surface area contributed by atoms with E-state index < -0.39 is 0 Å². The number of hydrazine groups is 1. The molecule has 4 nitrogen and oxygen atoms in total. The predicted molar refractivity (Wildman–Crippen MR) is 175 cm³/mol. The van der Waals surface area contributed by atoms with E-state index in [0.717, 1.165) is 66.5 Å². The summed E-state index contributed by atoms with van der Waals surface area (Å²) < 4.78 is 2.16. The highest BCUT2D eigenvalue weighted by molar-refractivity contribution is 9.10. The highest BCUT2D eigenvalue weighted by Crippen LogP contribution is 2.44. The van der Waals surface area contributed by atoms with Crippen LogP contribution < -0.4 is 10.4 Å². The molecule has 0 amide bonds. The summed E-state index contributed by atoms with van der Waals surface area (Å²) in [7, 11) is 0. The first-order chi connectivity index (χ1) is 20.0. The van der Waals surface area contributed by atoms with Crippen molar-refractivity contribution in [1.82, 2.24) is 10.4 Å². The number of hydrogen-bond donors (Lipinski definition) is 1. The summed E-state index contributed by atoms with van der Waals surface area (Å²) in [5, 5.41) is 4.30. The number of para-hydroxylation sites is 1. The van der Waals surface area contributed by atoms with Crippen LogP contribution in [0, 0.1) is 0 Å². The van der Waals surface area contributed by atoms with E-state index in [1.54, 1.807) is 11.3 Å². The van der Waals surface area contributed by atoms with Crippen molar-refractivity contribution >= 4 is 83.9 Å². The molecule has 0 fully saturated rings. The van der Waals surface area contributed by atoms with Crippen molar-refractivity contribution in [1.29, 1.82) is 0 Å². The standard InChI is InChI=1S/C33H21BrCl2N4S/c34-21-9-12-29-20(13-21)15-25(33-38-27-7-3-4-8-30(27)41-33)32-37-28-16-19-6-2-1-5-18(19)14-24(28)31(39-40(29)32)23-11-10-22(35)17-26(23)36/h1-13,15,17,31,39H,14,16H2. The molecule has 0 spiro atoms. The lowest BCUT2D eigenvalue weighted by molar-refractivity contribution is 0.602. The van der Waals surface area contributed by atoms with Gasteiger partial charge in [0, 0.05) is 32.2 Å². The molecule has 8 rings (SSSR count). The van der Waals surface area contributed by atoms with Gasteiger partial charge in [-0.3, -0.25) is 5.01 Å². The number of allylic oxidation sites excluding steroid dienone is 1. The maximum Gasteiger partial charge on any atom is 0.158 e. The zero-order chi connectivity index (χ0) is 27.7. The summed E-state index contributed by atoms with van der Waals surface area (Å²) in [6.45, 7) is 0. The molecule has 1 aliphatic carbocycles. The number of hydrogen-bond acceptors (Lipinski definition) is 5. The molecule has 0 radical (unpaired) electrons. The molecule has 41 heavy (non-hydrogen) atoms. The minimum absolute atomic E-state index is 0.212. The van der Waals surface area contributed by atoms with Crippen LogP contribution in [0.3, 0.4) is 0 Å². The van der Waals surface area contributed by atoms with Gasteiger partial charge < -0.3 is 0 Å². The lowest BCUT2D eigenvalue weighted by Crippen LogP contribution is -2.46. The number of thiazole rings is 1. The zero-order valence-corrected chi connectivity index (χ0v) is 25.4. The summed E-state index contributed by atoms with van der Waals surface area (Å²) in [4.78, 5) is 10.5. The van der Waals surface area contributed by atoms with Gasteiger partial charge in [-0.15, -0.1) is 11.3 Å². The average molecular weight is 656 g/mol. The second kappa shape index (κ2) is 9.93. The number of nitrogens with zero attached hydrogens (tertiary/aromatic N) is 3. The highest BCUT2D eigenvalue weighted by atomic mass is 79.9. The lowest BCUT2D eigenvalue weighted by Gasteiger charge is -2.35. The molecular weight excluding hydrogens is 635 g/mol. The molecule has 3 aliphatic rings. The second-order valence-corrected chi connectivity index (χ2v) is 13.1. The number of benzene rings is 4. The van der Waals surface area contributed by atoms with Crippen molar-refractivity contribution in [2.45, 2.75) is 18.9 Å². The van der Waals surface area contributed by atoms with Crippen LogP contribution in [0.15, 0.2) is 106 Å². The number of halogens is 3. The topological polar surface area (TPSA) is 40.5 Å². The van der Waals surface area contributed by atoms with E-state index in [2.05, 4.69) is 93.1 Å². The third kappa shape index (κ3) is 4.37. The molecule has 1 atom stereocenters. The van der Waals surface area contributed by atoms with Crippen LogP contribution in [0.1, 0.15) is 33.3 Å². The average Bonchev–Trinajstić information content (AvgIpc) is 3.33. The SMILES string of the molecule is Clc1ccc(C2NN3C(=NC4=C2Cc2ccccc2C4)C(c2nc4ccccc4s2)=Cc2cc(Br)ccc23)c(Cl)c1. The Labute approximate surface area is 259 Å². The van der Waals surface area contributed by atoms with Crippen LogP contribution in [-0.4, -0.2) is 10.8 Å². The van der Waals surface area contributed by atoms with Crippen LogP contribution in [0.4, 0.5) is 5.69 Å². The van der Waals surface area contributed by atoms with Gasteiger partial charge in [-0.1, -0.05) is 81.6 Å². The Bertz CT molecular complexity index is 1960. The molecule has 1 N–H and O–H groups in total. The van der Waals surface area contributed by atoms with Crippen LogP contribution in [0.25, 0.3) is 21.9 Å². The van der Waals surface area contributed by atoms with Crippen LogP contribution >= 0.6 is 50.5 Å². The van der Waals surface area contributed by atoms with Gasteiger partial charge in [0.15, 0.2) is 5.84 Å². The Morgan fingerprint density at radius 3 is 2.54 bits per heavy atom. The summed E-state index contributed by atoms with van der Waals surface area (Å²) in [5.41, 5.74) is 13.8. The number of amidine groups is 1. The molecule has 0 bridgehead atoms. The van der Waals surface area contributed by atoms with Gasteiger partial charge in [-0.2, -0.15) is 0 Å². The fraction of sp³-hybridized carbons (Fsp3) is 0.0909. The first-order valence-electron chi connectivity index (χ1n) is 13.3. The van der Waals surface area contributed by atoms with Gasteiger partial charge in [0.25, 0.3) is 0 Å². The Hall–Kier alpha value is -3.26. The third-order valence-corrected chi connectivity index (χ3v) is 9.98. The molecule has 0 saturated carbocycles. The minimum atomic E-state index is -0.212. The van der Waals surface area contributed by atoms with Crippen molar-refractivity contribution in [3.63, 3.8) is 0 Å². The molecule has 0 saturated heterocycles. The number of aromatic nitrogens is 1. The maximum absolute atomic E-state index is 6.88. The molecule has 5 aromatic rings. The quantitative estimate of drug-likeness (QED) is 0.206. The molecule has 4 aromatic carbocycles. The molecule has 3 heterocycles. The predicted octanol–water partition coefficient (Wildman–Crippen LogP) is 9.44. The van der Waals surface area contributed by atoms with Crippen molar-refractivity contribution in [3.8, 4) is 0 Å². The number of rotatable bonds is 2. The first-order valence-corrected chi connectivity index (χ1v) is 15.6. The van der Waals surface area contributed by atoms with E-state index in [9.17, 15) is 0 Å². The van der Waals surface area contributed by atoms with Gasteiger partial charge in [-0.25, -0.2) is 15.4 Å². The summed E-state index contributed by atoms with van der Waals surface area (Å²) in [6, 6.07) is 28.7. The molecule has 2 aliphatic heterocycles. The highest BCUT2D eigenvalue weighted by Gasteiger charge is 2.36. The van der Waals surface area contributed by atoms with Crippen molar-refractivity contribution < 1.29 is 0 Å². The first kappa shape index (κ1) is 25.5. The van der Waals surface area contributed by atoms with Gasteiger partial charge in [-0.05, 0) is 77.2 Å². The Balaban J connectivity index is 1.37. The molecule has 8 heteroatoms. The summed E-state index contributed by atoms with van der Waals surface area (Å²) in [5.74, 6) is 0.832. The fourth-order valence-electron chi connectivity index (χ4n) is 5.90. The van der Waals surface area contributed by atoms with E-state index >= 15 is 0 Å². The van der Waals surface area contributed by atoms with E-state index in [4.69, 9.17) is 33.2 Å². The van der Waals surface area contributed by atoms with E-state index in [1.165, 1.54) is 16.7 Å². The third-order valence-electron chi connectivity index (χ3n) is 7.86. The minimum Gasteiger partial charge on any atom is -0.258 e. The largest absolute Gasteiger partial charge is 0.258 e. The summed E-state index contributed by atoms with van der Waals surface area (Å²) in [6.07, 6.45) is 3.73. The molecule has 1 unspecified atom stereocenters. The van der Waals surface area contributed by atoms with Gasteiger partial charge in [0.2, 0.25) is 0 Å². The van der Waals surface area contributed by atoms with E-state index in [-0.39, 0.29) is 6.04 Å². The Morgan fingerprint density at radius 2 is 1.71 bits per heavy atom. The second-order valence-electron chi connectivity index (χ2n) is 10.3. The van der Waals surface area contributed by atoms with Gasteiger partial charge in [0.05, 0.1) is 27.5 Å². The Kier molecular flexibility index (Phi) is 6.17. The zero-order valence-electron chi connectivity index (χ0n) is 21.5. The van der Waals surface area contributed by atoms with E-state index in [1.807, 2.05) is 24.3 Å².